The molecule has 0 rings (SSSR count). The molecule has 0 bridgehead atoms. The Morgan fingerprint density at radius 2 is 2.09 bits per heavy atom. The van der Waals surface area contributed by atoms with Crippen molar-refractivity contribution in [2.45, 2.75) is 11.4 Å². The van der Waals surface area contributed by atoms with E-state index in [0.717, 1.165) is 5.75 Å². The quantitative estimate of drug-likeness (QED) is 0.363. The zero-order valence-corrected chi connectivity index (χ0v) is 8.87. The van der Waals surface area contributed by atoms with E-state index < -0.39 is 12.0 Å². The molecular weight excluding hydrogens is 231 g/mol. The number of thiol groups is 1. The molecule has 0 radical (unpaired) electrons. The standard InChI is InChI=1S/C3H7NO2Se.C2H7NS/c4-2(1-7)3(5)6;3-1-2-4/h2,7H,1,4H2,(H,5,6);4H,1-3H2. The normalized spacial score (nSPS) is 11.3. The summed E-state index contributed by atoms with van der Waals surface area (Å²) in [6.45, 7) is 0.684. The molecule has 1 atom stereocenters. The van der Waals surface area contributed by atoms with Crippen molar-refractivity contribution in [3.8, 4) is 0 Å². The average molecular weight is 245 g/mol. The largest absolute Gasteiger partial charge is 0.330 e. The fourth-order valence-corrected chi connectivity index (χ4v) is 0.406. The summed E-state index contributed by atoms with van der Waals surface area (Å²) < 4.78 is 0. The first-order valence-electron chi connectivity index (χ1n) is 3.00. The molecule has 5 N–H and O–H groups in total. The smallest absolute Gasteiger partial charge is 0.00255 e. The van der Waals surface area contributed by atoms with Crippen LogP contribution in [0.5, 0.6) is 0 Å². The average Bonchev–Trinajstić information content (AvgIpc) is 2.03. The molecule has 0 spiro atoms. The first-order valence-corrected chi connectivity index (χ1v) is 4.96. The molecule has 0 aliphatic carbocycles. The summed E-state index contributed by atoms with van der Waals surface area (Å²) in [5, 5.41) is 8.48. The van der Waals surface area contributed by atoms with Crippen LogP contribution >= 0.6 is 12.6 Å². The molecule has 6 heteroatoms. The van der Waals surface area contributed by atoms with Gasteiger partial charge in [-0.05, 0) is 0 Å². The summed E-state index contributed by atoms with van der Waals surface area (Å²) in [5.74, 6) is -0.152. The van der Waals surface area contributed by atoms with Gasteiger partial charge in [0.2, 0.25) is 0 Å². The Hall–Kier alpha value is 0.259. The molecule has 0 fully saturated rings. The van der Waals surface area contributed by atoms with Crippen molar-refractivity contribution in [1.82, 2.24) is 0 Å². The Morgan fingerprint density at radius 1 is 1.73 bits per heavy atom. The Balaban J connectivity index is 0. The minimum Gasteiger partial charge on any atom is -0.330 e. The van der Waals surface area contributed by atoms with Crippen LogP contribution in [-0.4, -0.2) is 45.4 Å². The van der Waals surface area contributed by atoms with Crippen LogP contribution < -0.4 is 11.5 Å². The topological polar surface area (TPSA) is 89.3 Å². The van der Waals surface area contributed by atoms with Crippen LogP contribution in [0.3, 0.4) is 0 Å². The maximum Gasteiger partial charge on any atom is 0.00255 e. The van der Waals surface area contributed by atoms with Crippen molar-refractivity contribution in [3.05, 3.63) is 0 Å². The number of rotatable bonds is 3. The first kappa shape index (κ1) is 13.8. The van der Waals surface area contributed by atoms with Crippen molar-refractivity contribution in [3.63, 3.8) is 0 Å². The maximum atomic E-state index is 9.80. The Morgan fingerprint density at radius 3 is 2.09 bits per heavy atom. The molecule has 0 saturated carbocycles. The van der Waals surface area contributed by atoms with Gasteiger partial charge in [0.1, 0.15) is 0 Å². The van der Waals surface area contributed by atoms with Crippen molar-refractivity contribution in [2.75, 3.05) is 12.3 Å². The van der Waals surface area contributed by atoms with E-state index in [2.05, 4.69) is 28.6 Å². The summed E-state index contributed by atoms with van der Waals surface area (Å²) in [4.78, 5) is 9.80. The van der Waals surface area contributed by atoms with Crippen LogP contribution in [0.15, 0.2) is 0 Å². The van der Waals surface area contributed by atoms with Gasteiger partial charge in [-0.25, -0.2) is 0 Å². The fraction of sp³-hybridized carbons (Fsp3) is 0.800. The van der Waals surface area contributed by atoms with E-state index in [1.165, 1.54) is 0 Å². The van der Waals surface area contributed by atoms with Gasteiger partial charge in [-0.15, -0.1) is 0 Å². The predicted octanol–water partition coefficient (Wildman–Crippen LogP) is -1.41. The van der Waals surface area contributed by atoms with Gasteiger partial charge in [0.25, 0.3) is 0 Å². The molecule has 4 nitrogen and oxygen atoms in total. The Labute approximate surface area is 79.9 Å². The minimum absolute atomic E-state index is 0.433. The SMILES string of the molecule is NC(C[SeH])C(=O)O.NCCS. The van der Waals surface area contributed by atoms with Gasteiger partial charge >= 0.3 is 49.0 Å². The van der Waals surface area contributed by atoms with E-state index in [-0.39, 0.29) is 0 Å². The van der Waals surface area contributed by atoms with E-state index in [1.54, 1.807) is 0 Å². The van der Waals surface area contributed by atoms with Crippen molar-refractivity contribution < 1.29 is 9.90 Å². The Bertz CT molecular complexity index is 102. The third kappa shape index (κ3) is 13.3. The van der Waals surface area contributed by atoms with Crippen LogP contribution in [0.25, 0.3) is 0 Å². The van der Waals surface area contributed by atoms with Crippen LogP contribution in [-0.2, 0) is 4.79 Å². The molecular formula is C5H14N2O2SSe. The molecule has 68 valence electrons. The molecule has 0 heterocycles. The molecule has 11 heavy (non-hydrogen) atoms. The number of carbonyl (C=O) groups is 1. The van der Waals surface area contributed by atoms with Gasteiger partial charge < -0.3 is 5.73 Å². The maximum absolute atomic E-state index is 9.80. The van der Waals surface area contributed by atoms with E-state index in [0.29, 0.717) is 11.9 Å². The second-order valence-corrected chi connectivity index (χ2v) is 2.85. The second-order valence-electron chi connectivity index (χ2n) is 1.64. The molecule has 0 aromatic heterocycles. The van der Waals surface area contributed by atoms with E-state index in [4.69, 9.17) is 16.6 Å². The zero-order chi connectivity index (χ0) is 9.28. The van der Waals surface area contributed by atoms with Gasteiger partial charge in [0.15, 0.2) is 0 Å². The molecule has 0 aliphatic rings. The summed E-state index contributed by atoms with van der Waals surface area (Å²) in [7, 11) is 0. The van der Waals surface area contributed by atoms with Crippen LogP contribution in [0.4, 0.5) is 0 Å². The van der Waals surface area contributed by atoms with Gasteiger partial charge in [-0.3, -0.25) is 0 Å². The number of nitrogens with two attached hydrogens (primary N) is 2. The molecule has 0 aromatic rings. The van der Waals surface area contributed by atoms with Crippen molar-refractivity contribution >= 4 is 34.6 Å². The van der Waals surface area contributed by atoms with Gasteiger partial charge in [0, 0.05) is 12.3 Å². The monoisotopic (exact) mass is 246 g/mol. The van der Waals surface area contributed by atoms with E-state index in [1.807, 2.05) is 0 Å². The van der Waals surface area contributed by atoms with Crippen LogP contribution in [0, 0.1) is 0 Å². The molecule has 0 aromatic carbocycles. The number of carboxylic acids is 1. The molecule has 0 amide bonds. The molecule has 1 unspecified atom stereocenters. The van der Waals surface area contributed by atoms with Crippen LogP contribution in [0.1, 0.15) is 0 Å². The van der Waals surface area contributed by atoms with Crippen molar-refractivity contribution in [1.29, 1.82) is 0 Å². The summed E-state index contributed by atoms with van der Waals surface area (Å²) >= 11 is 5.92. The minimum atomic E-state index is -0.944. The number of aliphatic carboxylic acids is 1. The zero-order valence-electron chi connectivity index (χ0n) is 6.10. The molecule has 0 aliphatic heterocycles. The third-order valence-corrected chi connectivity index (χ3v) is 1.73. The summed E-state index contributed by atoms with van der Waals surface area (Å²) in [6, 6.07) is -0.708. The van der Waals surface area contributed by atoms with E-state index in [9.17, 15) is 4.79 Å². The van der Waals surface area contributed by atoms with Gasteiger partial charge in [-0.2, -0.15) is 12.6 Å². The third-order valence-electron chi connectivity index (χ3n) is 0.643. The first-order chi connectivity index (χ1) is 5.09. The van der Waals surface area contributed by atoms with E-state index >= 15 is 0 Å². The number of carboxylic acid groups (broad SMARTS) is 1. The van der Waals surface area contributed by atoms with Gasteiger partial charge in [0.05, 0.1) is 0 Å². The summed E-state index contributed by atoms with van der Waals surface area (Å²) in [6.07, 6.45) is 0. The Kier molecular flexibility index (Phi) is 12.9. The van der Waals surface area contributed by atoms with Crippen molar-refractivity contribution in [2.24, 2.45) is 11.5 Å². The molecule has 0 saturated heterocycles. The summed E-state index contributed by atoms with van der Waals surface area (Å²) in [5.41, 5.74) is 9.95. The van der Waals surface area contributed by atoms with Gasteiger partial charge in [-0.1, -0.05) is 0 Å². The number of hydrogen-bond acceptors (Lipinski definition) is 4. The predicted molar refractivity (Wildman–Crippen MR) is 50.5 cm³/mol. The number of hydrogen-bond donors (Lipinski definition) is 4. The second kappa shape index (κ2) is 10.3. The van der Waals surface area contributed by atoms with Crippen LogP contribution in [0.2, 0.25) is 5.32 Å². The fourth-order valence-electron chi connectivity index (χ4n) is 0.0781.